The molecule has 7 heteroatoms. The molecule has 0 saturated carbocycles. The van der Waals surface area contributed by atoms with Gasteiger partial charge >= 0.3 is 0 Å². The molecular weight excluding hydrogens is 476 g/mol. The van der Waals surface area contributed by atoms with Crippen LogP contribution in [0, 0.1) is 19.8 Å². The molecule has 0 bridgehead atoms. The van der Waals surface area contributed by atoms with Crippen molar-refractivity contribution in [2.24, 2.45) is 5.92 Å². The first kappa shape index (κ1) is 25.7. The molecule has 1 aromatic heterocycles. The quantitative estimate of drug-likeness (QED) is 0.332. The average Bonchev–Trinajstić information content (AvgIpc) is 3.34. The fraction of sp³-hybridized carbons (Fsp3) is 0.290. The number of nitrogens with zero attached hydrogens (tertiary/aromatic N) is 3. The molecule has 7 nitrogen and oxygen atoms in total. The number of likely N-dealkylation sites (tertiary alicyclic amines) is 1. The molecule has 2 heterocycles. The summed E-state index contributed by atoms with van der Waals surface area (Å²) < 4.78 is 8.00. The number of aliphatic hydroxyl groups is 1. The van der Waals surface area contributed by atoms with E-state index in [1.54, 1.807) is 12.4 Å². The van der Waals surface area contributed by atoms with Gasteiger partial charge in [0.1, 0.15) is 11.5 Å². The van der Waals surface area contributed by atoms with Crippen molar-refractivity contribution in [3.63, 3.8) is 0 Å². The van der Waals surface area contributed by atoms with Crippen LogP contribution in [-0.4, -0.2) is 44.7 Å². The Morgan fingerprint density at radius 1 is 1.11 bits per heavy atom. The predicted molar refractivity (Wildman–Crippen MR) is 149 cm³/mol. The van der Waals surface area contributed by atoms with Crippen LogP contribution < -0.4 is 10.1 Å². The molecule has 2 atom stereocenters. The summed E-state index contributed by atoms with van der Waals surface area (Å²) in [5.41, 5.74) is 5.12. The zero-order chi connectivity index (χ0) is 26.6. The number of carbonyl (C=O) groups excluding carboxylic acids is 1. The van der Waals surface area contributed by atoms with E-state index in [0.29, 0.717) is 17.0 Å². The summed E-state index contributed by atoms with van der Waals surface area (Å²) in [6.45, 7) is 8.42. The van der Waals surface area contributed by atoms with Crippen molar-refractivity contribution in [2.45, 2.75) is 39.8 Å². The number of rotatable bonds is 7. The molecule has 3 aromatic carbocycles. The molecule has 1 amide bonds. The first-order chi connectivity index (χ1) is 18.3. The second-order valence-corrected chi connectivity index (χ2v) is 10.2. The van der Waals surface area contributed by atoms with E-state index in [0.717, 1.165) is 54.3 Å². The third kappa shape index (κ3) is 6.13. The monoisotopic (exact) mass is 510 g/mol. The number of hydrogen-bond acceptors (Lipinski definition) is 5. The van der Waals surface area contributed by atoms with Gasteiger partial charge in [-0.15, -0.1) is 0 Å². The molecule has 1 fully saturated rings. The Bertz CT molecular complexity index is 1420. The number of aromatic nitrogens is 2. The number of amides is 1. The van der Waals surface area contributed by atoms with Gasteiger partial charge in [-0.1, -0.05) is 31.2 Å². The smallest absolute Gasteiger partial charge is 0.255 e. The maximum atomic E-state index is 13.3. The molecule has 5 rings (SSSR count). The van der Waals surface area contributed by atoms with Gasteiger partial charge in [0.25, 0.3) is 5.91 Å². The molecule has 38 heavy (non-hydrogen) atoms. The van der Waals surface area contributed by atoms with Crippen LogP contribution in [0.4, 0.5) is 5.69 Å². The molecule has 0 aliphatic carbocycles. The van der Waals surface area contributed by atoms with Crippen LogP contribution >= 0.6 is 0 Å². The Kier molecular flexibility index (Phi) is 7.58. The molecule has 4 aromatic rings. The van der Waals surface area contributed by atoms with Crippen molar-refractivity contribution in [1.82, 2.24) is 14.5 Å². The second kappa shape index (κ2) is 11.2. The Labute approximate surface area is 223 Å². The lowest BCUT2D eigenvalue weighted by molar-refractivity contribution is 0.0320. The zero-order valence-electron chi connectivity index (χ0n) is 22.1. The largest absolute Gasteiger partial charge is 0.457 e. The number of aliphatic hydroxyl groups excluding tert-OH is 1. The molecule has 2 unspecified atom stereocenters. The van der Waals surface area contributed by atoms with Crippen LogP contribution in [0.15, 0.2) is 79.3 Å². The summed E-state index contributed by atoms with van der Waals surface area (Å²) in [6.07, 6.45) is 4.28. The van der Waals surface area contributed by atoms with Gasteiger partial charge in [0, 0.05) is 42.8 Å². The van der Waals surface area contributed by atoms with Crippen molar-refractivity contribution in [1.29, 1.82) is 0 Å². The van der Waals surface area contributed by atoms with Gasteiger partial charge < -0.3 is 19.7 Å². The number of para-hydroxylation sites is 1. The minimum Gasteiger partial charge on any atom is -0.457 e. The van der Waals surface area contributed by atoms with Crippen LogP contribution in [0.1, 0.15) is 40.5 Å². The molecule has 2 N–H and O–H groups in total. The van der Waals surface area contributed by atoms with Crippen LogP contribution in [0.25, 0.3) is 5.69 Å². The topological polar surface area (TPSA) is 79.6 Å². The molecular formula is C31H34N4O3. The summed E-state index contributed by atoms with van der Waals surface area (Å²) in [5.74, 6) is 1.40. The fourth-order valence-electron chi connectivity index (χ4n) is 4.84. The Balaban J connectivity index is 1.39. The predicted octanol–water partition coefficient (Wildman–Crippen LogP) is 5.74. The second-order valence-electron chi connectivity index (χ2n) is 10.2. The van der Waals surface area contributed by atoms with Crippen molar-refractivity contribution in [3.8, 4) is 17.2 Å². The molecule has 196 valence electrons. The number of nitrogens with one attached hydrogen (secondary N) is 1. The summed E-state index contributed by atoms with van der Waals surface area (Å²) in [7, 11) is 0. The molecule has 1 saturated heterocycles. The van der Waals surface area contributed by atoms with Crippen molar-refractivity contribution in [3.05, 3.63) is 102 Å². The average molecular weight is 511 g/mol. The van der Waals surface area contributed by atoms with Crippen molar-refractivity contribution < 1.29 is 14.6 Å². The maximum absolute atomic E-state index is 13.3. The summed E-state index contributed by atoms with van der Waals surface area (Å²) >= 11 is 0. The highest BCUT2D eigenvalue weighted by Crippen LogP contribution is 2.27. The van der Waals surface area contributed by atoms with E-state index in [4.69, 9.17) is 4.74 Å². The minimum atomic E-state index is -0.244. The maximum Gasteiger partial charge on any atom is 0.255 e. The first-order valence-corrected chi connectivity index (χ1v) is 13.0. The van der Waals surface area contributed by atoms with E-state index in [9.17, 15) is 9.90 Å². The molecule has 0 spiro atoms. The van der Waals surface area contributed by atoms with Gasteiger partial charge in [-0.3, -0.25) is 9.69 Å². The summed E-state index contributed by atoms with van der Waals surface area (Å²) in [4.78, 5) is 20.1. The van der Waals surface area contributed by atoms with Gasteiger partial charge in [0.2, 0.25) is 0 Å². The van der Waals surface area contributed by atoms with E-state index in [-0.39, 0.29) is 17.9 Å². The van der Waals surface area contributed by atoms with Crippen LogP contribution in [-0.2, 0) is 6.54 Å². The molecule has 1 aliphatic rings. The van der Waals surface area contributed by atoms with Gasteiger partial charge in [0.05, 0.1) is 18.1 Å². The number of imidazole rings is 1. The Morgan fingerprint density at radius 3 is 2.66 bits per heavy atom. The van der Waals surface area contributed by atoms with Gasteiger partial charge in [0.15, 0.2) is 0 Å². The highest BCUT2D eigenvalue weighted by molar-refractivity contribution is 6.04. The molecule has 0 radical (unpaired) electrons. The fourth-order valence-corrected chi connectivity index (χ4v) is 4.84. The van der Waals surface area contributed by atoms with Crippen molar-refractivity contribution in [2.75, 3.05) is 18.4 Å². The van der Waals surface area contributed by atoms with Gasteiger partial charge in [-0.25, -0.2) is 4.98 Å². The standard InChI is InChI=1S/C31H34N4O3/c1-21-9-10-25(15-30(21)38-28-7-5-4-6-8-28)31(37)33-26-13-24(19-34-12-11-29(36)22(2)17-34)14-27(16-26)35-18-23(3)32-20-35/h4-10,13-16,18,20,22,29,36H,11-12,17,19H2,1-3H3,(H,33,37). The number of carbonyl (C=O) groups is 1. The van der Waals surface area contributed by atoms with Crippen LogP contribution in [0.3, 0.4) is 0 Å². The lowest BCUT2D eigenvalue weighted by Gasteiger charge is -2.34. The zero-order valence-corrected chi connectivity index (χ0v) is 22.1. The van der Waals surface area contributed by atoms with E-state index < -0.39 is 0 Å². The van der Waals surface area contributed by atoms with Crippen LogP contribution in [0.2, 0.25) is 0 Å². The highest BCUT2D eigenvalue weighted by Gasteiger charge is 2.24. The Morgan fingerprint density at radius 2 is 1.92 bits per heavy atom. The number of hydrogen-bond donors (Lipinski definition) is 2. The number of ether oxygens (including phenoxy) is 1. The summed E-state index contributed by atoms with van der Waals surface area (Å²) in [5, 5.41) is 13.2. The van der Waals surface area contributed by atoms with Gasteiger partial charge in [-0.05, 0) is 79.8 Å². The van der Waals surface area contributed by atoms with E-state index in [1.165, 1.54) is 0 Å². The lowest BCUT2D eigenvalue weighted by atomic mass is 9.96. The molecule has 1 aliphatic heterocycles. The van der Waals surface area contributed by atoms with E-state index >= 15 is 0 Å². The van der Waals surface area contributed by atoms with Crippen molar-refractivity contribution >= 4 is 11.6 Å². The number of anilines is 1. The third-order valence-electron chi connectivity index (χ3n) is 7.02. The Hall–Kier alpha value is -3.94. The van der Waals surface area contributed by atoms with E-state index in [2.05, 4.69) is 28.2 Å². The number of aryl methyl sites for hydroxylation is 2. The number of benzene rings is 3. The summed E-state index contributed by atoms with van der Waals surface area (Å²) in [6, 6.07) is 21.2. The van der Waals surface area contributed by atoms with Crippen LogP contribution in [0.5, 0.6) is 11.5 Å². The highest BCUT2D eigenvalue weighted by atomic mass is 16.5. The van der Waals surface area contributed by atoms with Gasteiger partial charge in [-0.2, -0.15) is 0 Å². The van der Waals surface area contributed by atoms with E-state index in [1.807, 2.05) is 79.2 Å². The minimum absolute atomic E-state index is 0.206. The number of piperidine rings is 1. The SMILES string of the molecule is Cc1cn(-c2cc(CN3CCC(O)C(C)C3)cc(NC(=O)c3ccc(C)c(Oc4ccccc4)c3)c2)cn1. The first-order valence-electron chi connectivity index (χ1n) is 13.0. The third-order valence-corrected chi connectivity index (χ3v) is 7.02. The normalized spacial score (nSPS) is 17.8. The lowest BCUT2D eigenvalue weighted by Crippen LogP contribution is -2.41.